The smallest absolute Gasteiger partial charge is 0.327 e. The van der Waals surface area contributed by atoms with E-state index in [0.717, 1.165) is 0 Å². The fourth-order valence-corrected chi connectivity index (χ4v) is 0.864. The summed E-state index contributed by atoms with van der Waals surface area (Å²) in [6, 6.07) is 0. The summed E-state index contributed by atoms with van der Waals surface area (Å²) in [5.74, 6) is -0.937. The molecule has 0 unspecified atom stereocenters. The van der Waals surface area contributed by atoms with Gasteiger partial charge in [-0.25, -0.2) is 4.57 Å². The lowest BCUT2D eigenvalue weighted by molar-refractivity contribution is -0.141. The largest absolute Gasteiger partial charge is 0.394 e. The van der Waals surface area contributed by atoms with Gasteiger partial charge >= 0.3 is 8.69 Å². The Kier molecular flexibility index (Phi) is 6.73. The number of carbonyl (C=O) groups excluding carboxylic acids is 1. The molecule has 0 aromatic heterocycles. The molecule has 14 heavy (non-hydrogen) atoms. The Morgan fingerprint density at radius 3 is 2.36 bits per heavy atom. The maximum absolute atomic E-state index is 10.9. The lowest BCUT2D eigenvalue weighted by Crippen LogP contribution is -2.44. The Morgan fingerprint density at radius 1 is 1.36 bits per heavy atom. The van der Waals surface area contributed by atoms with Crippen LogP contribution in [0.15, 0.2) is 0 Å². The second-order valence-electron chi connectivity index (χ2n) is 2.50. The van der Waals surface area contributed by atoms with Crippen LogP contribution in [0.25, 0.3) is 0 Å². The van der Waals surface area contributed by atoms with E-state index < -0.39 is 46.0 Å². The summed E-state index contributed by atoms with van der Waals surface area (Å²) in [6.45, 7) is -1.44. The maximum Gasteiger partial charge on any atom is 0.327 e. The van der Waals surface area contributed by atoms with E-state index in [0.29, 0.717) is 0 Å². The van der Waals surface area contributed by atoms with Gasteiger partial charge in [0.2, 0.25) is 0 Å². The van der Waals surface area contributed by atoms with Crippen LogP contribution in [0, 0.1) is 0 Å². The van der Waals surface area contributed by atoms with E-state index in [4.69, 9.17) is 20.4 Å². The van der Waals surface area contributed by atoms with Crippen LogP contribution < -0.4 is 0 Å². The van der Waals surface area contributed by atoms with Crippen molar-refractivity contribution in [3.8, 4) is 0 Å². The van der Waals surface area contributed by atoms with Crippen molar-refractivity contribution in [2.24, 2.45) is 0 Å². The number of aliphatic hydroxyl groups excluding tert-OH is 4. The van der Waals surface area contributed by atoms with E-state index in [-0.39, 0.29) is 0 Å². The number of carbonyl (C=O) groups is 1. The van der Waals surface area contributed by atoms with Gasteiger partial charge in [-0.3, -0.25) is 9.32 Å². The highest BCUT2D eigenvalue weighted by molar-refractivity contribution is 7.17. The summed E-state index contributed by atoms with van der Waals surface area (Å²) < 4.78 is 13.9. The Morgan fingerprint density at radius 2 is 1.93 bits per heavy atom. The first kappa shape index (κ1) is 13.6. The summed E-state index contributed by atoms with van der Waals surface area (Å²) in [7, 11) is -0.723. The van der Waals surface area contributed by atoms with E-state index in [9.17, 15) is 9.36 Å². The molecule has 0 aromatic carbocycles. The van der Waals surface area contributed by atoms with Crippen LogP contribution in [0.5, 0.6) is 0 Å². The van der Waals surface area contributed by atoms with Crippen LogP contribution in [0.4, 0.5) is 0 Å². The second-order valence-corrected chi connectivity index (χ2v) is 2.91. The van der Waals surface area contributed by atoms with Gasteiger partial charge in [-0.1, -0.05) is 0 Å². The minimum absolute atomic E-state index is 0.651. The maximum atomic E-state index is 10.9. The minimum Gasteiger partial charge on any atom is -0.394 e. The molecular formula is C6H11O7P. The number of ketones is 1. The molecule has 0 aliphatic rings. The summed E-state index contributed by atoms with van der Waals surface area (Å²) in [5, 5.41) is 35.3. The van der Waals surface area contributed by atoms with E-state index in [1.54, 1.807) is 0 Å². The highest BCUT2D eigenvalue weighted by Gasteiger charge is 2.29. The number of hydrogen-bond donors (Lipinski definition) is 4. The first-order chi connectivity index (χ1) is 6.54. The van der Waals surface area contributed by atoms with E-state index >= 15 is 0 Å². The van der Waals surface area contributed by atoms with Gasteiger partial charge in [-0.15, -0.1) is 0 Å². The molecule has 0 saturated carbocycles. The number of rotatable bonds is 7. The molecule has 0 rings (SSSR count). The predicted molar refractivity (Wildman–Crippen MR) is 43.7 cm³/mol. The SMILES string of the molecule is O=POCC(=O)[C@H](O)[C@@H](O)[C@H](O)CO. The van der Waals surface area contributed by atoms with Crippen LogP contribution >= 0.6 is 8.69 Å². The molecule has 0 amide bonds. The van der Waals surface area contributed by atoms with E-state index in [1.165, 1.54) is 0 Å². The van der Waals surface area contributed by atoms with Crippen molar-refractivity contribution in [1.29, 1.82) is 0 Å². The normalized spacial score (nSPS) is 17.7. The van der Waals surface area contributed by atoms with Gasteiger partial charge in [0.1, 0.15) is 24.9 Å². The van der Waals surface area contributed by atoms with Crippen LogP contribution in [0.2, 0.25) is 0 Å². The van der Waals surface area contributed by atoms with Crippen molar-refractivity contribution >= 4 is 14.5 Å². The first-order valence-corrected chi connectivity index (χ1v) is 4.40. The third-order valence-electron chi connectivity index (χ3n) is 1.49. The highest BCUT2D eigenvalue weighted by Crippen LogP contribution is 2.03. The lowest BCUT2D eigenvalue weighted by atomic mass is 10.1. The molecule has 8 heteroatoms. The third-order valence-corrected chi connectivity index (χ3v) is 1.73. The topological polar surface area (TPSA) is 124 Å². The number of hydrogen-bond acceptors (Lipinski definition) is 7. The molecule has 0 fully saturated rings. The average molecular weight is 226 g/mol. The van der Waals surface area contributed by atoms with Gasteiger partial charge in [0.15, 0.2) is 5.78 Å². The fourth-order valence-electron chi connectivity index (χ4n) is 0.684. The second kappa shape index (κ2) is 6.94. The highest BCUT2D eigenvalue weighted by atomic mass is 31.1. The molecule has 7 nitrogen and oxygen atoms in total. The summed E-state index contributed by atoms with van der Waals surface area (Å²) >= 11 is 0. The number of Topliss-reactive ketones (excluding diaryl/α,β-unsaturated/α-hetero) is 1. The molecular weight excluding hydrogens is 215 g/mol. The quantitative estimate of drug-likeness (QED) is 0.365. The third kappa shape index (κ3) is 4.19. The van der Waals surface area contributed by atoms with Gasteiger partial charge in [0.05, 0.1) is 6.61 Å². The van der Waals surface area contributed by atoms with Crippen molar-refractivity contribution in [2.75, 3.05) is 13.2 Å². The fraction of sp³-hybridized carbons (Fsp3) is 0.833. The Labute approximate surface area is 81.2 Å². The zero-order valence-electron chi connectivity index (χ0n) is 7.11. The molecule has 0 aromatic rings. The van der Waals surface area contributed by atoms with Crippen LogP contribution in [-0.2, 0) is 13.9 Å². The van der Waals surface area contributed by atoms with Gasteiger partial charge < -0.3 is 20.4 Å². The summed E-state index contributed by atoms with van der Waals surface area (Å²) in [6.07, 6.45) is -5.28. The van der Waals surface area contributed by atoms with E-state index in [1.807, 2.05) is 0 Å². The van der Waals surface area contributed by atoms with Crippen molar-refractivity contribution in [3.63, 3.8) is 0 Å². The lowest BCUT2D eigenvalue weighted by Gasteiger charge is -2.19. The van der Waals surface area contributed by atoms with Crippen molar-refractivity contribution in [1.82, 2.24) is 0 Å². The first-order valence-electron chi connectivity index (χ1n) is 3.67. The average Bonchev–Trinajstić information content (AvgIpc) is 2.22. The molecule has 4 N–H and O–H groups in total. The Bertz CT molecular complexity index is 197. The van der Waals surface area contributed by atoms with Crippen molar-refractivity contribution in [3.05, 3.63) is 0 Å². The molecule has 82 valence electrons. The number of aliphatic hydroxyl groups is 4. The van der Waals surface area contributed by atoms with Gasteiger partial charge in [-0.05, 0) is 0 Å². The molecule has 0 heterocycles. The van der Waals surface area contributed by atoms with Gasteiger partial charge in [0, 0.05) is 0 Å². The van der Waals surface area contributed by atoms with E-state index in [2.05, 4.69) is 4.52 Å². The predicted octanol–water partition coefficient (Wildman–Crippen LogP) is -2.15. The Balaban J connectivity index is 4.09. The molecule has 0 radical (unpaired) electrons. The monoisotopic (exact) mass is 226 g/mol. The van der Waals surface area contributed by atoms with Gasteiger partial charge in [-0.2, -0.15) is 0 Å². The van der Waals surface area contributed by atoms with Crippen molar-refractivity contribution < 1.29 is 34.3 Å². The standard InChI is InChI=1S/C6H11O7P/c7-1-3(8)5(10)6(11)4(9)2-13-14-12/h3,5-8,10-11H,1-2H2/t3-,5+,6+/m1/s1. The van der Waals surface area contributed by atoms with Crippen LogP contribution in [0.1, 0.15) is 0 Å². The minimum atomic E-state index is -1.88. The molecule has 3 atom stereocenters. The van der Waals surface area contributed by atoms with Gasteiger partial charge in [0.25, 0.3) is 0 Å². The molecule has 0 aliphatic carbocycles. The van der Waals surface area contributed by atoms with Crippen LogP contribution in [-0.4, -0.2) is 57.7 Å². The molecule has 0 aliphatic heterocycles. The van der Waals surface area contributed by atoms with Crippen LogP contribution in [0.3, 0.4) is 0 Å². The zero-order valence-corrected chi connectivity index (χ0v) is 8.00. The summed E-state index contributed by atoms with van der Waals surface area (Å²) in [4.78, 5) is 10.9. The molecule has 0 spiro atoms. The Hall–Kier alpha value is -0.430. The van der Waals surface area contributed by atoms with Crippen molar-refractivity contribution in [2.45, 2.75) is 18.3 Å². The molecule has 0 saturated heterocycles. The summed E-state index contributed by atoms with van der Waals surface area (Å²) in [5.41, 5.74) is 0. The zero-order chi connectivity index (χ0) is 11.1. The molecule has 0 bridgehead atoms.